The molecule has 0 spiro atoms. The average molecular weight is 398 g/mol. The number of anilines is 3. The molecule has 0 amide bonds. The molecule has 0 atom stereocenters. The van der Waals surface area contributed by atoms with Crippen molar-refractivity contribution in [3.8, 4) is 0 Å². The van der Waals surface area contributed by atoms with Crippen molar-refractivity contribution >= 4 is 28.8 Å². The summed E-state index contributed by atoms with van der Waals surface area (Å²) < 4.78 is 13.8. The third-order valence-electron chi connectivity index (χ3n) is 4.83. The summed E-state index contributed by atoms with van der Waals surface area (Å²) in [6.07, 6.45) is 1.06. The van der Waals surface area contributed by atoms with Gasteiger partial charge in [0.2, 0.25) is 5.28 Å². The first-order valence-corrected chi connectivity index (χ1v) is 9.61. The smallest absolute Gasteiger partial charge is 0.224 e. The lowest BCUT2D eigenvalue weighted by molar-refractivity contribution is 0.250. The number of hydrogen-bond acceptors (Lipinski definition) is 5. The summed E-state index contributed by atoms with van der Waals surface area (Å²) in [7, 11) is 0. The van der Waals surface area contributed by atoms with Crippen LogP contribution in [-0.4, -0.2) is 41.0 Å². The van der Waals surface area contributed by atoms with Gasteiger partial charge in [-0.05, 0) is 41.4 Å². The average Bonchev–Trinajstić information content (AvgIpc) is 2.73. The van der Waals surface area contributed by atoms with Gasteiger partial charge in [-0.2, -0.15) is 4.98 Å². The van der Waals surface area contributed by atoms with Crippen molar-refractivity contribution in [1.82, 2.24) is 14.9 Å². The molecule has 144 valence electrons. The topological polar surface area (TPSA) is 44.3 Å². The van der Waals surface area contributed by atoms with Crippen LogP contribution in [0.1, 0.15) is 5.56 Å². The van der Waals surface area contributed by atoms with E-state index in [4.69, 9.17) is 11.6 Å². The summed E-state index contributed by atoms with van der Waals surface area (Å²) >= 11 is 5.73. The molecule has 28 heavy (non-hydrogen) atoms. The van der Waals surface area contributed by atoms with Crippen LogP contribution >= 0.6 is 11.6 Å². The molecular formula is C21H21ClFN5. The maximum atomic E-state index is 13.8. The molecule has 0 aliphatic carbocycles. The van der Waals surface area contributed by atoms with Gasteiger partial charge in [-0.3, -0.25) is 4.90 Å². The van der Waals surface area contributed by atoms with Crippen LogP contribution in [0.4, 0.5) is 21.6 Å². The van der Waals surface area contributed by atoms with Gasteiger partial charge in [0.15, 0.2) is 11.6 Å². The molecule has 7 heteroatoms. The second-order valence-electron chi connectivity index (χ2n) is 6.76. The molecule has 0 saturated carbocycles. The van der Waals surface area contributed by atoms with Crippen LogP contribution in [-0.2, 0) is 6.54 Å². The Morgan fingerprint density at radius 1 is 0.964 bits per heavy atom. The number of hydrogen-bond donors (Lipinski definition) is 1. The van der Waals surface area contributed by atoms with Gasteiger partial charge >= 0.3 is 0 Å². The van der Waals surface area contributed by atoms with Crippen LogP contribution in [0, 0.1) is 5.82 Å². The zero-order valence-electron chi connectivity index (χ0n) is 15.4. The highest BCUT2D eigenvalue weighted by atomic mass is 35.5. The van der Waals surface area contributed by atoms with Gasteiger partial charge in [-0.1, -0.05) is 30.3 Å². The van der Waals surface area contributed by atoms with Crippen molar-refractivity contribution in [3.05, 3.63) is 77.5 Å². The number of aromatic nitrogens is 2. The molecular weight excluding hydrogens is 377 g/mol. The molecule has 4 rings (SSSR count). The molecule has 1 aromatic heterocycles. The lowest BCUT2D eigenvalue weighted by atomic mass is 10.2. The van der Waals surface area contributed by atoms with E-state index in [1.54, 1.807) is 0 Å². The van der Waals surface area contributed by atoms with Crippen molar-refractivity contribution < 1.29 is 4.39 Å². The number of rotatable bonds is 5. The summed E-state index contributed by atoms with van der Waals surface area (Å²) in [4.78, 5) is 12.3. The Balaban J connectivity index is 1.34. The molecule has 1 aliphatic heterocycles. The molecule has 1 saturated heterocycles. The fraction of sp³-hybridized carbons (Fsp3) is 0.238. The first-order chi connectivity index (χ1) is 13.7. The van der Waals surface area contributed by atoms with E-state index in [1.807, 2.05) is 30.3 Å². The standard InChI is InChI=1S/C21H21ClFN5/c22-21-24-14-19(23)20(26-21)25-17-6-8-18(9-7-17)28-12-10-27(11-13-28)15-16-4-2-1-3-5-16/h1-9,14H,10-13,15H2,(H,24,25,26). The van der Waals surface area contributed by atoms with E-state index in [-0.39, 0.29) is 11.1 Å². The molecule has 1 aliphatic rings. The Hall–Kier alpha value is -2.70. The van der Waals surface area contributed by atoms with Gasteiger partial charge in [0.25, 0.3) is 0 Å². The van der Waals surface area contributed by atoms with E-state index in [2.05, 4.69) is 49.4 Å². The number of halogens is 2. The molecule has 0 radical (unpaired) electrons. The van der Waals surface area contributed by atoms with Crippen molar-refractivity contribution in [2.45, 2.75) is 6.54 Å². The highest BCUT2D eigenvalue weighted by molar-refractivity contribution is 6.28. The molecule has 1 fully saturated rings. The quantitative estimate of drug-likeness (QED) is 0.649. The molecule has 1 N–H and O–H groups in total. The summed E-state index contributed by atoms with van der Waals surface area (Å²) in [6, 6.07) is 18.5. The van der Waals surface area contributed by atoms with E-state index in [1.165, 1.54) is 5.56 Å². The fourth-order valence-corrected chi connectivity index (χ4v) is 3.46. The maximum Gasteiger partial charge on any atom is 0.224 e. The third-order valence-corrected chi connectivity index (χ3v) is 5.01. The Bertz CT molecular complexity index is 912. The third kappa shape index (κ3) is 4.58. The van der Waals surface area contributed by atoms with Gasteiger partial charge in [0, 0.05) is 44.1 Å². The van der Waals surface area contributed by atoms with Gasteiger partial charge in [-0.15, -0.1) is 0 Å². The van der Waals surface area contributed by atoms with Gasteiger partial charge < -0.3 is 10.2 Å². The predicted molar refractivity (Wildman–Crippen MR) is 111 cm³/mol. The lowest BCUT2D eigenvalue weighted by Crippen LogP contribution is -2.45. The lowest BCUT2D eigenvalue weighted by Gasteiger charge is -2.36. The number of benzene rings is 2. The Morgan fingerprint density at radius 3 is 2.39 bits per heavy atom. The molecule has 2 aromatic carbocycles. The first kappa shape index (κ1) is 18.7. The Labute approximate surface area is 168 Å². The minimum absolute atomic E-state index is 0.00823. The SMILES string of the molecule is Fc1cnc(Cl)nc1Nc1ccc(N2CCN(Cc3ccccc3)CC2)cc1. The van der Waals surface area contributed by atoms with Crippen LogP contribution in [0.15, 0.2) is 60.8 Å². The van der Waals surface area contributed by atoms with Crippen LogP contribution in [0.25, 0.3) is 0 Å². The summed E-state index contributed by atoms with van der Waals surface area (Å²) in [5, 5.41) is 2.95. The zero-order chi connectivity index (χ0) is 19.3. The van der Waals surface area contributed by atoms with E-state index < -0.39 is 5.82 Å². The van der Waals surface area contributed by atoms with Crippen molar-refractivity contribution in [1.29, 1.82) is 0 Å². The molecule has 2 heterocycles. The van der Waals surface area contributed by atoms with Crippen LogP contribution in [0.2, 0.25) is 5.28 Å². The van der Waals surface area contributed by atoms with E-state index >= 15 is 0 Å². The summed E-state index contributed by atoms with van der Waals surface area (Å²) in [5.41, 5.74) is 3.26. The number of nitrogens with zero attached hydrogens (tertiary/aromatic N) is 4. The largest absolute Gasteiger partial charge is 0.369 e. The minimum atomic E-state index is -0.539. The fourth-order valence-electron chi connectivity index (χ4n) is 3.33. The minimum Gasteiger partial charge on any atom is -0.369 e. The zero-order valence-corrected chi connectivity index (χ0v) is 16.1. The van der Waals surface area contributed by atoms with E-state index in [0.29, 0.717) is 0 Å². The molecule has 0 unspecified atom stereocenters. The Morgan fingerprint density at radius 2 is 1.68 bits per heavy atom. The summed E-state index contributed by atoms with van der Waals surface area (Å²) in [6.45, 7) is 5.01. The first-order valence-electron chi connectivity index (χ1n) is 9.24. The maximum absolute atomic E-state index is 13.8. The number of nitrogens with one attached hydrogen (secondary N) is 1. The normalized spacial score (nSPS) is 14.9. The van der Waals surface area contributed by atoms with Crippen LogP contribution < -0.4 is 10.2 Å². The molecule has 3 aromatic rings. The van der Waals surface area contributed by atoms with E-state index in [0.717, 1.165) is 50.3 Å². The van der Waals surface area contributed by atoms with Gasteiger partial charge in [-0.25, -0.2) is 9.37 Å². The second kappa shape index (κ2) is 8.54. The van der Waals surface area contributed by atoms with Crippen molar-refractivity contribution in [3.63, 3.8) is 0 Å². The predicted octanol–water partition coefficient (Wildman–Crippen LogP) is 4.33. The van der Waals surface area contributed by atoms with E-state index in [9.17, 15) is 4.39 Å². The van der Waals surface area contributed by atoms with Crippen molar-refractivity contribution in [2.24, 2.45) is 0 Å². The highest BCUT2D eigenvalue weighted by Gasteiger charge is 2.17. The monoisotopic (exact) mass is 397 g/mol. The number of piperazine rings is 1. The van der Waals surface area contributed by atoms with Gasteiger partial charge in [0.1, 0.15) is 0 Å². The van der Waals surface area contributed by atoms with Crippen LogP contribution in [0.5, 0.6) is 0 Å². The molecule has 0 bridgehead atoms. The highest BCUT2D eigenvalue weighted by Crippen LogP contribution is 2.23. The summed E-state index contributed by atoms with van der Waals surface area (Å²) in [5.74, 6) is -0.467. The Kier molecular flexibility index (Phi) is 5.69. The molecule has 5 nitrogen and oxygen atoms in total. The second-order valence-corrected chi connectivity index (χ2v) is 7.09. The van der Waals surface area contributed by atoms with Gasteiger partial charge in [0.05, 0.1) is 6.20 Å². The van der Waals surface area contributed by atoms with Crippen LogP contribution in [0.3, 0.4) is 0 Å². The van der Waals surface area contributed by atoms with Crippen molar-refractivity contribution in [2.75, 3.05) is 36.4 Å².